The number of carbonyl (C=O) groups excluding carboxylic acids is 2. The summed E-state index contributed by atoms with van der Waals surface area (Å²) in [6.07, 6.45) is 1.91. The zero-order chi connectivity index (χ0) is 18.0. The fourth-order valence-corrected chi connectivity index (χ4v) is 3.35. The lowest BCUT2D eigenvalue weighted by molar-refractivity contribution is -0.147. The Kier molecular flexibility index (Phi) is 4.65. The molecule has 0 bridgehead atoms. The summed E-state index contributed by atoms with van der Waals surface area (Å²) < 4.78 is 0. The summed E-state index contributed by atoms with van der Waals surface area (Å²) in [6, 6.07) is 7.32. The Balaban J connectivity index is 1.58. The van der Waals surface area contributed by atoms with Crippen LogP contribution in [0.1, 0.15) is 31.7 Å². The van der Waals surface area contributed by atoms with E-state index in [2.05, 4.69) is 5.32 Å². The number of carboxylic acid groups (broad SMARTS) is 1. The smallest absolute Gasteiger partial charge is 0.317 e. The van der Waals surface area contributed by atoms with E-state index in [4.69, 9.17) is 0 Å². The molecule has 2 fully saturated rings. The summed E-state index contributed by atoms with van der Waals surface area (Å²) in [7, 11) is 0. The van der Waals surface area contributed by atoms with Gasteiger partial charge in [0, 0.05) is 38.3 Å². The van der Waals surface area contributed by atoms with Crippen LogP contribution in [-0.2, 0) is 16.1 Å². The Bertz CT molecular complexity index is 705. The van der Waals surface area contributed by atoms with Crippen LogP contribution in [0.3, 0.4) is 0 Å². The van der Waals surface area contributed by atoms with E-state index in [9.17, 15) is 19.5 Å². The van der Waals surface area contributed by atoms with Crippen LogP contribution < -0.4 is 10.2 Å². The van der Waals surface area contributed by atoms with Crippen LogP contribution in [0.15, 0.2) is 24.3 Å². The van der Waals surface area contributed by atoms with Crippen molar-refractivity contribution in [1.29, 1.82) is 0 Å². The number of hydrogen-bond acceptors (Lipinski definition) is 3. The number of amides is 3. The second kappa shape index (κ2) is 6.74. The highest BCUT2D eigenvalue weighted by Crippen LogP contribution is 2.30. The largest absolute Gasteiger partial charge is 0.481 e. The van der Waals surface area contributed by atoms with Crippen LogP contribution in [0.4, 0.5) is 10.5 Å². The van der Waals surface area contributed by atoms with Crippen molar-refractivity contribution < 1.29 is 19.5 Å². The Morgan fingerprint density at radius 2 is 2.12 bits per heavy atom. The quantitative estimate of drug-likeness (QED) is 0.871. The lowest BCUT2D eigenvalue weighted by atomic mass is 9.90. The molecule has 2 aliphatic heterocycles. The van der Waals surface area contributed by atoms with Crippen molar-refractivity contribution in [2.75, 3.05) is 24.5 Å². The highest BCUT2D eigenvalue weighted by molar-refractivity contribution is 5.95. The number of nitrogens with zero attached hydrogens (tertiary/aromatic N) is 2. The molecule has 2 aliphatic rings. The molecule has 0 aromatic heterocycles. The van der Waals surface area contributed by atoms with E-state index < -0.39 is 11.4 Å². The minimum absolute atomic E-state index is 0.131. The molecule has 25 heavy (non-hydrogen) atoms. The van der Waals surface area contributed by atoms with Gasteiger partial charge < -0.3 is 20.2 Å². The predicted octanol–water partition coefficient (Wildman–Crippen LogP) is 1.82. The van der Waals surface area contributed by atoms with Gasteiger partial charge >= 0.3 is 12.0 Å². The summed E-state index contributed by atoms with van der Waals surface area (Å²) in [5.74, 6) is -0.739. The molecule has 0 radical (unpaired) electrons. The molecule has 1 aromatic rings. The number of aliphatic carboxylic acids is 1. The molecule has 134 valence electrons. The SMILES string of the molecule is CC1(C(=O)O)CCN(C(=O)NCc2cccc(N3CCCC3=O)c2)C1. The van der Waals surface area contributed by atoms with E-state index in [0.29, 0.717) is 25.9 Å². The minimum Gasteiger partial charge on any atom is -0.481 e. The number of carboxylic acids is 1. The Labute approximate surface area is 146 Å². The standard InChI is InChI=1S/C18H23N3O4/c1-18(16(23)24)7-9-20(12-18)17(25)19-11-13-4-2-5-14(10-13)21-8-3-6-15(21)22/h2,4-5,10H,3,6-9,11-12H2,1H3,(H,19,25)(H,23,24). The topological polar surface area (TPSA) is 89.9 Å². The van der Waals surface area contributed by atoms with Crippen LogP contribution in [0.2, 0.25) is 0 Å². The molecule has 3 amide bonds. The highest BCUT2D eigenvalue weighted by atomic mass is 16.4. The molecule has 0 spiro atoms. The molecular formula is C18H23N3O4. The number of carbonyl (C=O) groups is 3. The lowest BCUT2D eigenvalue weighted by Crippen LogP contribution is -2.40. The fourth-order valence-electron chi connectivity index (χ4n) is 3.35. The number of benzene rings is 1. The first-order chi connectivity index (χ1) is 11.9. The maximum absolute atomic E-state index is 12.3. The lowest BCUT2D eigenvalue weighted by Gasteiger charge is -2.21. The minimum atomic E-state index is -0.870. The van der Waals surface area contributed by atoms with Gasteiger partial charge in [0.05, 0.1) is 5.41 Å². The fraction of sp³-hybridized carbons (Fsp3) is 0.500. The average molecular weight is 345 g/mol. The van der Waals surface area contributed by atoms with Gasteiger partial charge in [-0.15, -0.1) is 0 Å². The van der Waals surface area contributed by atoms with Gasteiger partial charge in [0.2, 0.25) is 5.91 Å². The number of hydrogen-bond donors (Lipinski definition) is 2. The average Bonchev–Trinajstić information content (AvgIpc) is 3.20. The van der Waals surface area contributed by atoms with Gasteiger partial charge in [0.1, 0.15) is 0 Å². The second-order valence-electron chi connectivity index (χ2n) is 7.01. The van der Waals surface area contributed by atoms with Crippen LogP contribution in [-0.4, -0.2) is 47.5 Å². The molecule has 2 saturated heterocycles. The third kappa shape index (κ3) is 3.60. The van der Waals surface area contributed by atoms with Gasteiger partial charge in [-0.1, -0.05) is 12.1 Å². The van der Waals surface area contributed by atoms with E-state index in [1.165, 1.54) is 0 Å². The van der Waals surface area contributed by atoms with Gasteiger partial charge in [-0.25, -0.2) is 4.79 Å². The Morgan fingerprint density at radius 3 is 2.76 bits per heavy atom. The first kappa shape index (κ1) is 17.3. The summed E-state index contributed by atoms with van der Waals surface area (Å²) >= 11 is 0. The number of nitrogens with one attached hydrogen (secondary N) is 1. The molecule has 0 aliphatic carbocycles. The van der Waals surface area contributed by atoms with E-state index in [1.54, 1.807) is 16.7 Å². The third-order valence-corrected chi connectivity index (χ3v) is 5.02. The first-order valence-electron chi connectivity index (χ1n) is 8.54. The number of rotatable bonds is 4. The van der Waals surface area contributed by atoms with Crippen LogP contribution in [0.25, 0.3) is 0 Å². The van der Waals surface area contributed by atoms with Crippen molar-refractivity contribution in [3.63, 3.8) is 0 Å². The van der Waals surface area contributed by atoms with Gasteiger partial charge in [0.25, 0.3) is 0 Å². The summed E-state index contributed by atoms with van der Waals surface area (Å²) in [6.45, 7) is 3.40. The van der Waals surface area contributed by atoms with Crippen molar-refractivity contribution in [3.05, 3.63) is 29.8 Å². The van der Waals surface area contributed by atoms with E-state index in [1.807, 2.05) is 24.3 Å². The normalized spacial score (nSPS) is 23.2. The summed E-state index contributed by atoms with van der Waals surface area (Å²) in [5.41, 5.74) is 0.896. The van der Waals surface area contributed by atoms with Gasteiger partial charge in [-0.3, -0.25) is 9.59 Å². The summed E-state index contributed by atoms with van der Waals surface area (Å²) in [5, 5.41) is 12.1. The molecule has 1 aromatic carbocycles. The van der Waals surface area contributed by atoms with E-state index in [0.717, 1.165) is 24.2 Å². The zero-order valence-corrected chi connectivity index (χ0v) is 14.3. The van der Waals surface area contributed by atoms with Crippen molar-refractivity contribution in [2.45, 2.75) is 32.7 Å². The zero-order valence-electron chi connectivity index (χ0n) is 14.3. The molecule has 7 heteroatoms. The van der Waals surface area contributed by atoms with E-state index >= 15 is 0 Å². The highest BCUT2D eigenvalue weighted by Gasteiger charge is 2.42. The maximum atomic E-state index is 12.3. The maximum Gasteiger partial charge on any atom is 0.317 e. The Hall–Kier alpha value is -2.57. The van der Waals surface area contributed by atoms with Crippen molar-refractivity contribution in [1.82, 2.24) is 10.2 Å². The molecule has 2 heterocycles. The number of likely N-dealkylation sites (tertiary alicyclic amines) is 1. The van der Waals surface area contributed by atoms with Crippen molar-refractivity contribution in [2.24, 2.45) is 5.41 Å². The second-order valence-corrected chi connectivity index (χ2v) is 7.01. The van der Waals surface area contributed by atoms with Crippen LogP contribution in [0.5, 0.6) is 0 Å². The third-order valence-electron chi connectivity index (χ3n) is 5.02. The van der Waals surface area contributed by atoms with Crippen LogP contribution in [0, 0.1) is 5.41 Å². The molecule has 0 saturated carbocycles. The summed E-state index contributed by atoms with van der Waals surface area (Å²) in [4.78, 5) is 38.7. The van der Waals surface area contributed by atoms with Gasteiger partial charge in [-0.05, 0) is 37.5 Å². The van der Waals surface area contributed by atoms with Gasteiger partial charge in [-0.2, -0.15) is 0 Å². The number of urea groups is 1. The van der Waals surface area contributed by atoms with Gasteiger partial charge in [0.15, 0.2) is 0 Å². The molecule has 1 atom stereocenters. The van der Waals surface area contributed by atoms with Crippen LogP contribution >= 0.6 is 0 Å². The molecular weight excluding hydrogens is 322 g/mol. The van der Waals surface area contributed by atoms with Crippen molar-refractivity contribution in [3.8, 4) is 0 Å². The van der Waals surface area contributed by atoms with Crippen molar-refractivity contribution >= 4 is 23.6 Å². The van der Waals surface area contributed by atoms with E-state index in [-0.39, 0.29) is 18.5 Å². The molecule has 1 unspecified atom stereocenters. The molecule has 2 N–H and O–H groups in total. The molecule has 3 rings (SSSR count). The molecule has 7 nitrogen and oxygen atoms in total. The number of anilines is 1. The predicted molar refractivity (Wildman–Crippen MR) is 92.2 cm³/mol. The first-order valence-corrected chi connectivity index (χ1v) is 8.54. The Morgan fingerprint density at radius 1 is 1.32 bits per heavy atom. The monoisotopic (exact) mass is 345 g/mol.